The topological polar surface area (TPSA) is 70.9 Å². The van der Waals surface area contributed by atoms with Crippen LogP contribution in [0.5, 0.6) is 11.5 Å². The van der Waals surface area contributed by atoms with Gasteiger partial charge in [0, 0.05) is 11.6 Å². The Balaban J connectivity index is 2.03. The van der Waals surface area contributed by atoms with Crippen LogP contribution >= 0.6 is 0 Å². The summed E-state index contributed by atoms with van der Waals surface area (Å²) < 4.78 is 11.7. The molecule has 1 heterocycles. The summed E-state index contributed by atoms with van der Waals surface area (Å²) in [5.41, 5.74) is 2.97. The number of benzene rings is 2. The van der Waals surface area contributed by atoms with Gasteiger partial charge in [-0.25, -0.2) is 4.98 Å². The van der Waals surface area contributed by atoms with Gasteiger partial charge in [-0.05, 0) is 58.0 Å². The van der Waals surface area contributed by atoms with E-state index in [0.717, 1.165) is 22.3 Å². The Hall–Kier alpha value is -3.26. The van der Waals surface area contributed by atoms with Crippen molar-refractivity contribution in [3.8, 4) is 17.6 Å². The molecule has 0 aliphatic carbocycles. The molecule has 0 fully saturated rings. The first-order chi connectivity index (χ1) is 13.0. The Labute approximate surface area is 159 Å². The molecule has 0 unspecified atom stereocenters. The van der Waals surface area contributed by atoms with E-state index in [1.165, 1.54) is 0 Å². The maximum Gasteiger partial charge on any atom is 0.149 e. The van der Waals surface area contributed by atoms with Gasteiger partial charge in [0.25, 0.3) is 0 Å². The van der Waals surface area contributed by atoms with Crippen molar-refractivity contribution in [1.29, 1.82) is 5.26 Å². The first-order valence-corrected chi connectivity index (χ1v) is 9.00. The van der Waals surface area contributed by atoms with Crippen molar-refractivity contribution in [1.82, 2.24) is 9.97 Å². The third-order valence-corrected chi connectivity index (χ3v) is 3.78. The number of nitrogens with zero attached hydrogens (tertiary/aromatic N) is 2. The van der Waals surface area contributed by atoms with Crippen LogP contribution in [0.1, 0.15) is 39.1 Å². The van der Waals surface area contributed by atoms with Crippen molar-refractivity contribution in [3.63, 3.8) is 0 Å². The molecule has 0 atom stereocenters. The van der Waals surface area contributed by atoms with E-state index in [2.05, 4.69) is 16.0 Å². The lowest BCUT2D eigenvalue weighted by atomic mass is 10.1. The van der Waals surface area contributed by atoms with Gasteiger partial charge in [-0.2, -0.15) is 5.26 Å². The molecular weight excluding hydrogens is 338 g/mol. The van der Waals surface area contributed by atoms with Gasteiger partial charge in [0.2, 0.25) is 0 Å². The zero-order valence-electron chi connectivity index (χ0n) is 16.0. The Morgan fingerprint density at radius 2 is 1.81 bits per heavy atom. The van der Waals surface area contributed by atoms with E-state index < -0.39 is 0 Å². The van der Waals surface area contributed by atoms with Crippen LogP contribution in [0.4, 0.5) is 0 Å². The van der Waals surface area contributed by atoms with Crippen molar-refractivity contribution in [3.05, 3.63) is 53.9 Å². The molecule has 0 aliphatic heterocycles. The van der Waals surface area contributed by atoms with E-state index in [0.29, 0.717) is 17.1 Å². The third kappa shape index (κ3) is 4.48. The highest BCUT2D eigenvalue weighted by Crippen LogP contribution is 2.30. The third-order valence-electron chi connectivity index (χ3n) is 3.78. The van der Waals surface area contributed by atoms with Crippen LogP contribution < -0.4 is 9.47 Å². The molecule has 27 heavy (non-hydrogen) atoms. The molecule has 0 bridgehead atoms. The quantitative estimate of drug-likeness (QED) is 0.613. The number of hydrogen-bond acceptors (Lipinski definition) is 4. The van der Waals surface area contributed by atoms with E-state index in [9.17, 15) is 5.26 Å². The number of ether oxygens (including phenoxy) is 2. The number of rotatable bonds is 6. The number of aromatic amines is 1. The molecule has 3 aromatic rings. The molecule has 0 amide bonds. The molecule has 0 saturated carbocycles. The average molecular weight is 361 g/mol. The fourth-order valence-electron chi connectivity index (χ4n) is 2.72. The molecule has 0 radical (unpaired) electrons. The predicted molar refractivity (Wildman–Crippen MR) is 108 cm³/mol. The summed E-state index contributed by atoms with van der Waals surface area (Å²) in [6.07, 6.45) is 1.86. The highest BCUT2D eigenvalue weighted by Gasteiger charge is 2.12. The van der Waals surface area contributed by atoms with Gasteiger partial charge in [-0.3, -0.25) is 0 Å². The SMILES string of the molecule is CC(C)Oc1ccc(C=C(C#N)c2nc3ccccc3[nH]2)c(OC(C)C)c1. The zero-order chi connectivity index (χ0) is 19.4. The lowest BCUT2D eigenvalue weighted by molar-refractivity contribution is 0.229. The number of fused-ring (bicyclic) bond motifs is 1. The van der Waals surface area contributed by atoms with Gasteiger partial charge >= 0.3 is 0 Å². The highest BCUT2D eigenvalue weighted by molar-refractivity contribution is 5.91. The standard InChI is InChI=1S/C22H23N3O2/c1-14(2)26-18-10-9-16(21(12-18)27-15(3)4)11-17(13-23)22-24-19-7-5-6-8-20(19)25-22/h5-12,14-15H,1-4H3,(H,24,25). The minimum absolute atomic E-state index is 0.00295. The van der Waals surface area contributed by atoms with Crippen LogP contribution in [0.25, 0.3) is 22.7 Å². The fourth-order valence-corrected chi connectivity index (χ4v) is 2.72. The number of nitriles is 1. The van der Waals surface area contributed by atoms with Crippen LogP contribution in [0.2, 0.25) is 0 Å². The van der Waals surface area contributed by atoms with Gasteiger partial charge < -0.3 is 14.5 Å². The molecule has 0 aliphatic rings. The minimum Gasteiger partial charge on any atom is -0.491 e. The largest absolute Gasteiger partial charge is 0.491 e. The van der Waals surface area contributed by atoms with Crippen LogP contribution in [0.3, 0.4) is 0 Å². The van der Waals surface area contributed by atoms with Gasteiger partial charge in [0.05, 0.1) is 28.8 Å². The fraction of sp³-hybridized carbons (Fsp3) is 0.273. The normalized spacial score (nSPS) is 11.8. The molecule has 3 rings (SSSR count). The second-order valence-electron chi connectivity index (χ2n) is 6.81. The van der Waals surface area contributed by atoms with Crippen LogP contribution in [-0.4, -0.2) is 22.2 Å². The Morgan fingerprint density at radius 3 is 2.48 bits per heavy atom. The summed E-state index contributed by atoms with van der Waals surface area (Å²) in [5, 5.41) is 9.67. The van der Waals surface area contributed by atoms with Gasteiger partial charge in [-0.15, -0.1) is 0 Å². The number of hydrogen-bond donors (Lipinski definition) is 1. The average Bonchev–Trinajstić information content (AvgIpc) is 3.04. The van der Waals surface area contributed by atoms with E-state index >= 15 is 0 Å². The minimum atomic E-state index is 0.00295. The Bertz CT molecular complexity index is 977. The van der Waals surface area contributed by atoms with Crippen molar-refractivity contribution in [2.75, 3.05) is 0 Å². The molecule has 138 valence electrons. The molecule has 0 saturated heterocycles. The molecule has 5 heteroatoms. The number of allylic oxidation sites excluding steroid dienone is 1. The molecular formula is C22H23N3O2. The van der Waals surface area contributed by atoms with Crippen LogP contribution in [0.15, 0.2) is 42.5 Å². The maximum atomic E-state index is 9.67. The van der Waals surface area contributed by atoms with Crippen LogP contribution in [0, 0.1) is 11.3 Å². The monoisotopic (exact) mass is 361 g/mol. The first kappa shape index (κ1) is 18.5. The number of aromatic nitrogens is 2. The smallest absolute Gasteiger partial charge is 0.149 e. The Morgan fingerprint density at radius 1 is 1.07 bits per heavy atom. The number of imidazole rings is 1. The van der Waals surface area contributed by atoms with Gasteiger partial charge in [-0.1, -0.05) is 12.1 Å². The van der Waals surface area contributed by atoms with Crippen molar-refractivity contribution in [2.45, 2.75) is 39.9 Å². The number of H-pyrrole nitrogens is 1. The molecule has 1 N–H and O–H groups in total. The summed E-state index contributed by atoms with van der Waals surface area (Å²) in [6.45, 7) is 7.89. The summed E-state index contributed by atoms with van der Waals surface area (Å²) in [4.78, 5) is 7.71. The molecule has 5 nitrogen and oxygen atoms in total. The summed E-state index contributed by atoms with van der Waals surface area (Å²) >= 11 is 0. The maximum absolute atomic E-state index is 9.67. The number of para-hydroxylation sites is 2. The predicted octanol–water partition coefficient (Wildman–Crippen LogP) is 5.20. The first-order valence-electron chi connectivity index (χ1n) is 9.00. The lowest BCUT2D eigenvalue weighted by Crippen LogP contribution is -2.09. The van der Waals surface area contributed by atoms with Crippen molar-refractivity contribution >= 4 is 22.7 Å². The number of nitrogens with one attached hydrogen (secondary N) is 1. The van der Waals surface area contributed by atoms with E-state index in [-0.39, 0.29) is 12.2 Å². The Kier molecular flexibility index (Phi) is 5.46. The summed E-state index contributed by atoms with van der Waals surface area (Å²) in [6, 6.07) is 15.6. The van der Waals surface area contributed by atoms with Gasteiger partial charge in [0.15, 0.2) is 0 Å². The summed E-state index contributed by atoms with van der Waals surface area (Å²) in [5.74, 6) is 1.95. The summed E-state index contributed by atoms with van der Waals surface area (Å²) in [7, 11) is 0. The van der Waals surface area contributed by atoms with Crippen molar-refractivity contribution < 1.29 is 9.47 Å². The lowest BCUT2D eigenvalue weighted by Gasteiger charge is -2.16. The van der Waals surface area contributed by atoms with Gasteiger partial charge in [0.1, 0.15) is 23.4 Å². The molecule has 2 aromatic carbocycles. The second kappa shape index (κ2) is 7.96. The van der Waals surface area contributed by atoms with Crippen LogP contribution in [-0.2, 0) is 0 Å². The van der Waals surface area contributed by atoms with E-state index in [1.54, 1.807) is 6.08 Å². The molecule has 1 aromatic heterocycles. The highest BCUT2D eigenvalue weighted by atomic mass is 16.5. The zero-order valence-corrected chi connectivity index (χ0v) is 16.0. The second-order valence-corrected chi connectivity index (χ2v) is 6.81. The van der Waals surface area contributed by atoms with E-state index in [1.807, 2.05) is 70.2 Å². The van der Waals surface area contributed by atoms with Crippen molar-refractivity contribution in [2.24, 2.45) is 0 Å². The van der Waals surface area contributed by atoms with E-state index in [4.69, 9.17) is 9.47 Å². The molecule has 0 spiro atoms.